The number of carbonyl (C=O) groups excluding carboxylic acids is 2. The molecule has 0 aliphatic rings. The van der Waals surface area contributed by atoms with E-state index in [9.17, 15) is 9.59 Å². The van der Waals surface area contributed by atoms with Gasteiger partial charge in [0.2, 0.25) is 0 Å². The van der Waals surface area contributed by atoms with Crippen LogP contribution in [-0.2, 0) is 9.53 Å². The molecular formula is C19H17ClN2O4. The molecule has 0 spiro atoms. The van der Waals surface area contributed by atoms with E-state index in [1.807, 2.05) is 6.07 Å². The van der Waals surface area contributed by atoms with E-state index in [0.717, 1.165) is 0 Å². The number of rotatable bonds is 6. The number of nitriles is 1. The van der Waals surface area contributed by atoms with Gasteiger partial charge in [0.05, 0.1) is 22.8 Å². The number of nitrogens with one attached hydrogen (secondary N) is 1. The van der Waals surface area contributed by atoms with E-state index in [0.29, 0.717) is 22.6 Å². The summed E-state index contributed by atoms with van der Waals surface area (Å²) in [5.41, 5.74) is 1.12. The second-order valence-electron chi connectivity index (χ2n) is 5.30. The van der Waals surface area contributed by atoms with Crippen LogP contribution in [0.5, 0.6) is 5.75 Å². The summed E-state index contributed by atoms with van der Waals surface area (Å²) in [4.78, 5) is 24.0. The molecule has 2 aromatic carbocycles. The molecule has 0 aliphatic carbocycles. The van der Waals surface area contributed by atoms with Crippen LogP contribution in [0.3, 0.4) is 0 Å². The Morgan fingerprint density at radius 1 is 1.27 bits per heavy atom. The van der Waals surface area contributed by atoms with Crippen molar-refractivity contribution in [3.63, 3.8) is 0 Å². The molecule has 2 aromatic rings. The highest BCUT2D eigenvalue weighted by Gasteiger charge is 2.16. The molecular weight excluding hydrogens is 356 g/mol. The molecule has 0 aromatic heterocycles. The van der Waals surface area contributed by atoms with Gasteiger partial charge < -0.3 is 14.8 Å². The molecule has 0 fully saturated rings. The first kappa shape index (κ1) is 19.3. The van der Waals surface area contributed by atoms with E-state index in [2.05, 4.69) is 5.32 Å². The van der Waals surface area contributed by atoms with Gasteiger partial charge in [-0.3, -0.25) is 4.79 Å². The van der Waals surface area contributed by atoms with Crippen molar-refractivity contribution < 1.29 is 19.1 Å². The molecule has 0 saturated heterocycles. The number of hydrogen-bond acceptors (Lipinski definition) is 5. The summed E-state index contributed by atoms with van der Waals surface area (Å²) in [6.45, 7) is 3.58. The van der Waals surface area contributed by atoms with Gasteiger partial charge in [-0.15, -0.1) is 0 Å². The second kappa shape index (κ2) is 8.88. The topological polar surface area (TPSA) is 88.4 Å². The molecule has 0 bridgehead atoms. The highest BCUT2D eigenvalue weighted by atomic mass is 35.5. The van der Waals surface area contributed by atoms with Crippen LogP contribution in [0, 0.1) is 11.3 Å². The van der Waals surface area contributed by atoms with Crippen molar-refractivity contribution >= 4 is 29.2 Å². The summed E-state index contributed by atoms with van der Waals surface area (Å²) in [5, 5.41) is 11.8. The Morgan fingerprint density at radius 3 is 2.69 bits per heavy atom. The van der Waals surface area contributed by atoms with Crippen LogP contribution in [0.1, 0.15) is 29.8 Å². The van der Waals surface area contributed by atoms with Gasteiger partial charge in [0.25, 0.3) is 5.91 Å². The quantitative estimate of drug-likeness (QED) is 0.779. The lowest BCUT2D eigenvalue weighted by Gasteiger charge is -2.15. The first-order valence-electron chi connectivity index (χ1n) is 7.89. The van der Waals surface area contributed by atoms with E-state index in [1.54, 1.807) is 38.1 Å². The van der Waals surface area contributed by atoms with E-state index in [1.165, 1.54) is 18.2 Å². The van der Waals surface area contributed by atoms with Crippen LogP contribution < -0.4 is 10.1 Å². The van der Waals surface area contributed by atoms with E-state index in [4.69, 9.17) is 26.3 Å². The number of ether oxygens (including phenoxy) is 2. The largest absolute Gasteiger partial charge is 0.481 e. The van der Waals surface area contributed by atoms with Crippen molar-refractivity contribution in [2.24, 2.45) is 0 Å². The monoisotopic (exact) mass is 372 g/mol. The van der Waals surface area contributed by atoms with Gasteiger partial charge in [0.15, 0.2) is 6.10 Å². The Bertz CT molecular complexity index is 861. The SMILES string of the molecule is CCOC(=O)c1cccc(O[C@H](C)C(=O)Nc2ccc(C#N)c(Cl)c2)c1. The van der Waals surface area contributed by atoms with Gasteiger partial charge in [-0.1, -0.05) is 17.7 Å². The zero-order chi connectivity index (χ0) is 19.1. The smallest absolute Gasteiger partial charge is 0.338 e. The molecule has 2 rings (SSSR count). The average molecular weight is 373 g/mol. The van der Waals surface area contributed by atoms with E-state index in [-0.39, 0.29) is 11.6 Å². The van der Waals surface area contributed by atoms with Crippen LogP contribution in [0.2, 0.25) is 5.02 Å². The molecule has 1 amide bonds. The van der Waals surface area contributed by atoms with Gasteiger partial charge in [-0.2, -0.15) is 5.26 Å². The van der Waals surface area contributed by atoms with Crippen LogP contribution >= 0.6 is 11.6 Å². The van der Waals surface area contributed by atoms with Gasteiger partial charge in [0, 0.05) is 5.69 Å². The fraction of sp³-hybridized carbons (Fsp3) is 0.211. The number of halogens is 1. The first-order chi connectivity index (χ1) is 12.4. The van der Waals surface area contributed by atoms with Crippen molar-refractivity contribution in [1.82, 2.24) is 0 Å². The number of carbonyl (C=O) groups is 2. The lowest BCUT2D eigenvalue weighted by Crippen LogP contribution is -2.30. The third-order valence-electron chi connectivity index (χ3n) is 3.38. The second-order valence-corrected chi connectivity index (χ2v) is 5.71. The number of nitrogens with zero attached hydrogens (tertiary/aromatic N) is 1. The van der Waals surface area contributed by atoms with Gasteiger partial charge >= 0.3 is 5.97 Å². The predicted molar refractivity (Wildman–Crippen MR) is 97.3 cm³/mol. The Labute approximate surface area is 156 Å². The zero-order valence-corrected chi connectivity index (χ0v) is 15.0. The Hall–Kier alpha value is -3.04. The normalized spacial score (nSPS) is 11.2. The van der Waals surface area contributed by atoms with Crippen LogP contribution in [0.15, 0.2) is 42.5 Å². The van der Waals surface area contributed by atoms with Crippen LogP contribution in [0.25, 0.3) is 0 Å². The first-order valence-corrected chi connectivity index (χ1v) is 8.26. The standard InChI is InChI=1S/C19H17ClN2O4/c1-3-25-19(24)13-5-4-6-16(9-13)26-12(2)18(23)22-15-8-7-14(11-21)17(20)10-15/h4-10,12H,3H2,1-2H3,(H,22,23)/t12-/m1/s1. The molecule has 0 unspecified atom stereocenters. The average Bonchev–Trinajstić information content (AvgIpc) is 2.62. The van der Waals surface area contributed by atoms with Crippen molar-refractivity contribution in [1.29, 1.82) is 5.26 Å². The summed E-state index contributed by atoms with van der Waals surface area (Å²) >= 11 is 5.95. The van der Waals surface area contributed by atoms with Gasteiger partial charge in [-0.05, 0) is 50.2 Å². The van der Waals surface area contributed by atoms with Gasteiger partial charge in [-0.25, -0.2) is 4.79 Å². The molecule has 1 atom stereocenters. The fourth-order valence-corrected chi connectivity index (χ4v) is 2.32. The lowest BCUT2D eigenvalue weighted by atomic mass is 10.2. The van der Waals surface area contributed by atoms with Crippen molar-refractivity contribution in [2.45, 2.75) is 20.0 Å². The summed E-state index contributed by atoms with van der Waals surface area (Å²) in [6, 6.07) is 12.9. The molecule has 0 saturated carbocycles. The Balaban J connectivity index is 2.03. The van der Waals surface area contributed by atoms with Crippen molar-refractivity contribution in [2.75, 3.05) is 11.9 Å². The molecule has 0 heterocycles. The van der Waals surface area contributed by atoms with Gasteiger partial charge in [0.1, 0.15) is 11.8 Å². The molecule has 0 aliphatic heterocycles. The number of anilines is 1. The number of esters is 1. The Morgan fingerprint density at radius 2 is 2.04 bits per heavy atom. The molecule has 0 radical (unpaired) electrons. The highest BCUT2D eigenvalue weighted by molar-refractivity contribution is 6.32. The minimum absolute atomic E-state index is 0.251. The number of amides is 1. The van der Waals surface area contributed by atoms with E-state index >= 15 is 0 Å². The third-order valence-corrected chi connectivity index (χ3v) is 3.70. The summed E-state index contributed by atoms with van der Waals surface area (Å²) in [6.07, 6.45) is -0.818. The predicted octanol–water partition coefficient (Wildman–Crippen LogP) is 3.79. The highest BCUT2D eigenvalue weighted by Crippen LogP contribution is 2.21. The maximum Gasteiger partial charge on any atom is 0.338 e. The lowest BCUT2D eigenvalue weighted by molar-refractivity contribution is -0.122. The molecule has 7 heteroatoms. The molecule has 6 nitrogen and oxygen atoms in total. The molecule has 26 heavy (non-hydrogen) atoms. The summed E-state index contributed by atoms with van der Waals surface area (Å²) < 4.78 is 10.5. The van der Waals surface area contributed by atoms with Crippen molar-refractivity contribution in [3.8, 4) is 11.8 Å². The molecule has 134 valence electrons. The van der Waals surface area contributed by atoms with E-state index < -0.39 is 18.0 Å². The number of benzene rings is 2. The molecule has 1 N–H and O–H groups in total. The summed E-state index contributed by atoms with van der Waals surface area (Å²) in [5.74, 6) is -0.481. The fourth-order valence-electron chi connectivity index (χ4n) is 2.10. The third kappa shape index (κ3) is 4.98. The zero-order valence-electron chi connectivity index (χ0n) is 14.3. The maximum absolute atomic E-state index is 12.3. The summed E-state index contributed by atoms with van der Waals surface area (Å²) in [7, 11) is 0. The van der Waals surface area contributed by atoms with Crippen molar-refractivity contribution in [3.05, 3.63) is 58.6 Å². The number of hydrogen-bond donors (Lipinski definition) is 1. The van der Waals surface area contributed by atoms with Crippen LogP contribution in [-0.4, -0.2) is 24.6 Å². The van der Waals surface area contributed by atoms with Crippen LogP contribution in [0.4, 0.5) is 5.69 Å². The minimum atomic E-state index is -0.818. The Kier molecular flexibility index (Phi) is 6.59. The minimum Gasteiger partial charge on any atom is -0.481 e. The maximum atomic E-state index is 12.3.